The summed E-state index contributed by atoms with van der Waals surface area (Å²) >= 11 is 5.19. The number of carbonyl (C=O) groups is 1. The molecule has 0 aromatic heterocycles. The third kappa shape index (κ3) is 4.79. The SMILES string of the molecule is COc1ccc(CSc2ccc(CC(=O)O)cc2)cc1Br. The highest BCUT2D eigenvalue weighted by atomic mass is 79.9. The molecule has 2 aromatic rings. The fourth-order valence-electron chi connectivity index (χ4n) is 1.84. The summed E-state index contributed by atoms with van der Waals surface area (Å²) < 4.78 is 6.15. The molecule has 0 fully saturated rings. The first-order chi connectivity index (χ1) is 10.1. The second-order valence-corrected chi connectivity index (χ2v) is 6.38. The maximum Gasteiger partial charge on any atom is 0.307 e. The Balaban J connectivity index is 1.96. The largest absolute Gasteiger partial charge is 0.496 e. The zero-order chi connectivity index (χ0) is 15.2. The lowest BCUT2D eigenvalue weighted by Gasteiger charge is -2.07. The summed E-state index contributed by atoms with van der Waals surface area (Å²) in [5.41, 5.74) is 2.02. The first kappa shape index (κ1) is 15.9. The molecule has 0 saturated heterocycles. The molecule has 5 heteroatoms. The van der Waals surface area contributed by atoms with Gasteiger partial charge in [0.15, 0.2) is 0 Å². The molecule has 2 rings (SSSR count). The number of benzene rings is 2. The predicted molar refractivity (Wildman–Crippen MR) is 88.0 cm³/mol. The minimum Gasteiger partial charge on any atom is -0.496 e. The molecular weight excluding hydrogens is 352 g/mol. The lowest BCUT2D eigenvalue weighted by Crippen LogP contribution is -1.99. The van der Waals surface area contributed by atoms with Gasteiger partial charge >= 0.3 is 5.97 Å². The minimum atomic E-state index is -0.807. The molecule has 0 aliphatic carbocycles. The lowest BCUT2D eigenvalue weighted by atomic mass is 10.2. The van der Waals surface area contributed by atoms with E-state index in [1.165, 1.54) is 5.56 Å². The highest BCUT2D eigenvalue weighted by molar-refractivity contribution is 9.10. The minimum absolute atomic E-state index is 0.0658. The number of rotatable bonds is 6. The van der Waals surface area contributed by atoms with Crippen molar-refractivity contribution in [3.8, 4) is 5.75 Å². The number of carboxylic acids is 1. The Bertz CT molecular complexity index is 626. The smallest absolute Gasteiger partial charge is 0.307 e. The van der Waals surface area contributed by atoms with Crippen LogP contribution in [0.15, 0.2) is 51.8 Å². The number of aliphatic carboxylic acids is 1. The molecule has 110 valence electrons. The number of methoxy groups -OCH3 is 1. The van der Waals surface area contributed by atoms with Crippen LogP contribution in [0.25, 0.3) is 0 Å². The first-order valence-electron chi connectivity index (χ1n) is 6.34. The fraction of sp³-hybridized carbons (Fsp3) is 0.188. The Kier molecular flexibility index (Phi) is 5.70. The Morgan fingerprint density at radius 1 is 1.19 bits per heavy atom. The average Bonchev–Trinajstić information content (AvgIpc) is 2.46. The summed E-state index contributed by atoms with van der Waals surface area (Å²) in [4.78, 5) is 11.8. The summed E-state index contributed by atoms with van der Waals surface area (Å²) in [6.45, 7) is 0. The van der Waals surface area contributed by atoms with Crippen LogP contribution in [-0.4, -0.2) is 18.2 Å². The van der Waals surface area contributed by atoms with Gasteiger partial charge in [-0.2, -0.15) is 0 Å². The zero-order valence-electron chi connectivity index (χ0n) is 11.5. The van der Waals surface area contributed by atoms with E-state index in [-0.39, 0.29) is 6.42 Å². The van der Waals surface area contributed by atoms with E-state index in [0.29, 0.717) is 0 Å². The second-order valence-electron chi connectivity index (χ2n) is 4.47. The van der Waals surface area contributed by atoms with Crippen LogP contribution in [0.2, 0.25) is 0 Å². The maximum absolute atomic E-state index is 10.6. The molecule has 0 heterocycles. The second kappa shape index (κ2) is 7.52. The maximum atomic E-state index is 10.6. The molecule has 0 radical (unpaired) electrons. The van der Waals surface area contributed by atoms with Crippen molar-refractivity contribution in [1.82, 2.24) is 0 Å². The Morgan fingerprint density at radius 2 is 1.86 bits per heavy atom. The summed E-state index contributed by atoms with van der Waals surface area (Å²) in [7, 11) is 1.65. The zero-order valence-corrected chi connectivity index (χ0v) is 13.9. The van der Waals surface area contributed by atoms with Crippen LogP contribution in [0, 0.1) is 0 Å². The van der Waals surface area contributed by atoms with E-state index in [4.69, 9.17) is 9.84 Å². The number of ether oxygens (including phenoxy) is 1. The van der Waals surface area contributed by atoms with Crippen molar-refractivity contribution in [2.75, 3.05) is 7.11 Å². The van der Waals surface area contributed by atoms with Crippen LogP contribution in [0.5, 0.6) is 5.75 Å². The van der Waals surface area contributed by atoms with E-state index in [1.807, 2.05) is 42.5 Å². The lowest BCUT2D eigenvalue weighted by molar-refractivity contribution is -0.136. The number of thioether (sulfide) groups is 1. The van der Waals surface area contributed by atoms with Crippen molar-refractivity contribution in [2.45, 2.75) is 17.1 Å². The molecule has 0 atom stereocenters. The third-order valence-electron chi connectivity index (χ3n) is 2.90. The van der Waals surface area contributed by atoms with Gasteiger partial charge in [-0.15, -0.1) is 11.8 Å². The van der Waals surface area contributed by atoms with Crippen molar-refractivity contribution in [3.63, 3.8) is 0 Å². The van der Waals surface area contributed by atoms with Gasteiger partial charge in [0.25, 0.3) is 0 Å². The molecule has 3 nitrogen and oxygen atoms in total. The van der Waals surface area contributed by atoms with Gasteiger partial charge in [-0.25, -0.2) is 0 Å². The molecule has 0 amide bonds. The number of carboxylic acid groups (broad SMARTS) is 1. The van der Waals surface area contributed by atoms with E-state index in [9.17, 15) is 4.79 Å². The van der Waals surface area contributed by atoms with E-state index in [1.54, 1.807) is 18.9 Å². The van der Waals surface area contributed by atoms with Crippen LogP contribution in [-0.2, 0) is 17.0 Å². The van der Waals surface area contributed by atoms with Crippen LogP contribution >= 0.6 is 27.7 Å². The number of hydrogen-bond donors (Lipinski definition) is 1. The average molecular weight is 367 g/mol. The van der Waals surface area contributed by atoms with Crippen molar-refractivity contribution in [2.24, 2.45) is 0 Å². The molecule has 0 aliphatic rings. The standard InChI is InChI=1S/C16H15BrO3S/c1-20-15-7-4-12(8-14(15)17)10-21-13-5-2-11(3-6-13)9-16(18)19/h2-8H,9-10H2,1H3,(H,18,19). The Labute approximate surface area is 136 Å². The summed E-state index contributed by atoms with van der Waals surface area (Å²) in [5.74, 6) is 0.862. The Morgan fingerprint density at radius 3 is 2.43 bits per heavy atom. The van der Waals surface area contributed by atoms with Gasteiger partial charge in [0.2, 0.25) is 0 Å². The molecule has 0 saturated carbocycles. The van der Waals surface area contributed by atoms with Gasteiger partial charge in [-0.3, -0.25) is 4.79 Å². The monoisotopic (exact) mass is 366 g/mol. The van der Waals surface area contributed by atoms with Gasteiger partial charge in [0.05, 0.1) is 18.0 Å². The van der Waals surface area contributed by atoms with E-state index < -0.39 is 5.97 Å². The summed E-state index contributed by atoms with van der Waals surface area (Å²) in [6, 6.07) is 13.7. The van der Waals surface area contributed by atoms with Gasteiger partial charge in [-0.1, -0.05) is 18.2 Å². The molecule has 21 heavy (non-hydrogen) atoms. The number of halogens is 1. The fourth-order valence-corrected chi connectivity index (χ4v) is 3.27. The van der Waals surface area contributed by atoms with Gasteiger partial charge < -0.3 is 9.84 Å². The van der Waals surface area contributed by atoms with E-state index in [2.05, 4.69) is 15.9 Å². The van der Waals surface area contributed by atoms with Crippen LogP contribution in [0.1, 0.15) is 11.1 Å². The molecule has 2 aromatic carbocycles. The first-order valence-corrected chi connectivity index (χ1v) is 8.12. The van der Waals surface area contributed by atoms with Crippen molar-refractivity contribution in [1.29, 1.82) is 0 Å². The summed E-state index contributed by atoms with van der Waals surface area (Å²) in [6.07, 6.45) is 0.0658. The van der Waals surface area contributed by atoms with Crippen molar-refractivity contribution < 1.29 is 14.6 Å². The third-order valence-corrected chi connectivity index (χ3v) is 4.60. The van der Waals surface area contributed by atoms with E-state index in [0.717, 1.165) is 26.4 Å². The van der Waals surface area contributed by atoms with Gasteiger partial charge in [0, 0.05) is 10.6 Å². The normalized spacial score (nSPS) is 10.4. The molecule has 1 N–H and O–H groups in total. The van der Waals surface area contributed by atoms with Crippen molar-refractivity contribution in [3.05, 3.63) is 58.1 Å². The highest BCUT2D eigenvalue weighted by Gasteiger charge is 2.03. The summed E-state index contributed by atoms with van der Waals surface area (Å²) in [5, 5.41) is 8.74. The van der Waals surface area contributed by atoms with Gasteiger partial charge in [-0.05, 0) is 51.3 Å². The highest BCUT2D eigenvalue weighted by Crippen LogP contribution is 2.29. The van der Waals surface area contributed by atoms with E-state index >= 15 is 0 Å². The quantitative estimate of drug-likeness (QED) is 0.770. The van der Waals surface area contributed by atoms with Crippen LogP contribution < -0.4 is 4.74 Å². The predicted octanol–water partition coefficient (Wildman–Crippen LogP) is 4.38. The molecule has 0 unspecified atom stereocenters. The number of hydrogen-bond acceptors (Lipinski definition) is 3. The van der Waals surface area contributed by atoms with Crippen LogP contribution in [0.3, 0.4) is 0 Å². The van der Waals surface area contributed by atoms with Crippen LogP contribution in [0.4, 0.5) is 0 Å². The van der Waals surface area contributed by atoms with Crippen molar-refractivity contribution >= 4 is 33.7 Å². The molecule has 0 spiro atoms. The molecule has 0 aliphatic heterocycles. The molecular formula is C16H15BrO3S. The van der Waals surface area contributed by atoms with Gasteiger partial charge in [0.1, 0.15) is 5.75 Å². The topological polar surface area (TPSA) is 46.5 Å². The molecule has 0 bridgehead atoms. The Hall–Kier alpha value is -1.46.